The van der Waals surface area contributed by atoms with Crippen LogP contribution in [0.4, 0.5) is 34.1 Å². The Bertz CT molecular complexity index is 2040. The largest absolute Gasteiger partial charge is 0.319 e. The molecule has 2 heterocycles. The first kappa shape index (κ1) is 32.7. The molecule has 254 valence electrons. The van der Waals surface area contributed by atoms with Crippen molar-refractivity contribution in [1.29, 1.82) is 5.26 Å². The molecule has 4 aromatic carbocycles. The summed E-state index contributed by atoms with van der Waals surface area (Å²) in [5, 5.41) is 19.6. The number of fused-ring (bicyclic) bond motifs is 2. The van der Waals surface area contributed by atoms with E-state index in [0.717, 1.165) is 57.1 Å². The van der Waals surface area contributed by atoms with Gasteiger partial charge in [-0.3, -0.25) is 0 Å². The maximum atomic E-state index is 9.71. The molecule has 7 heteroatoms. The van der Waals surface area contributed by atoms with Crippen LogP contribution in [0.3, 0.4) is 0 Å². The van der Waals surface area contributed by atoms with E-state index in [4.69, 9.17) is 10.2 Å². The van der Waals surface area contributed by atoms with Crippen LogP contribution < -0.4 is 8.97 Å². The topological polar surface area (TPSA) is 54.5 Å². The summed E-state index contributed by atoms with van der Waals surface area (Å²) in [6, 6.07) is 29.6. The van der Waals surface area contributed by atoms with Gasteiger partial charge in [-0.15, -0.1) is 9.74 Å². The molecule has 0 saturated heterocycles. The van der Waals surface area contributed by atoms with Gasteiger partial charge in [-0.25, -0.2) is 4.48 Å². The molecule has 50 heavy (non-hydrogen) atoms. The van der Waals surface area contributed by atoms with E-state index in [9.17, 15) is 5.26 Å². The summed E-state index contributed by atoms with van der Waals surface area (Å²) in [5.74, 6) is 2.86. The van der Waals surface area contributed by atoms with E-state index in [1.54, 1.807) is 0 Å². The SMILES string of the molecule is Cc1cc(C)c2c(c1)N=[N+](c1ccccc1)C[N+]2(C)C#N.Cc1cc(C)c2c(c1)N=[N+](c1ccccc1)C[N+]2(C)C12CC3CC(CC(C3)C1)C2. The number of benzene rings is 4. The van der Waals surface area contributed by atoms with Crippen LogP contribution in [0, 0.1) is 56.9 Å². The quantitative estimate of drug-likeness (QED) is 0.122. The average molecular weight is 666 g/mol. The summed E-state index contributed by atoms with van der Waals surface area (Å²) >= 11 is 0. The lowest BCUT2D eigenvalue weighted by Crippen LogP contribution is -2.71. The molecule has 0 amide bonds. The highest BCUT2D eigenvalue weighted by Crippen LogP contribution is 2.62. The Morgan fingerprint density at radius 1 is 0.640 bits per heavy atom. The minimum absolute atomic E-state index is 0.194. The third-order valence-electron chi connectivity index (χ3n) is 12.5. The monoisotopic (exact) mass is 665 g/mol. The van der Waals surface area contributed by atoms with Crippen molar-refractivity contribution in [3.63, 3.8) is 0 Å². The van der Waals surface area contributed by atoms with Crippen molar-refractivity contribution in [1.82, 2.24) is 8.97 Å². The summed E-state index contributed by atoms with van der Waals surface area (Å²) in [7, 11) is 4.48. The maximum absolute atomic E-state index is 9.71. The third-order valence-corrected chi connectivity index (χ3v) is 12.5. The van der Waals surface area contributed by atoms with Crippen LogP contribution in [0.5, 0.6) is 0 Å². The van der Waals surface area contributed by atoms with Crippen LogP contribution in [-0.2, 0) is 0 Å². The Balaban J connectivity index is 0.000000153. The molecule has 7 nitrogen and oxygen atoms in total. The molecular formula is C43H51N7+4. The lowest BCUT2D eigenvalue weighted by molar-refractivity contribution is -0.536. The number of rotatable bonds is 3. The molecule has 6 aliphatic rings. The Hall–Kier alpha value is -4.51. The minimum Gasteiger partial charge on any atom is -0.229 e. The standard InChI is InChI=1S/C26H33N3.C17H18N4/c1-18-9-19(2)25-24(10-18)27-28(23-7-5-4-6-8-23)17-29(25,3)26-14-20-11-21(15-26)13-22(12-20)16-26;1-13-9-14(2)17-16(10-13)19-20(12-21(17,3)11-18)15-7-5-4-6-8-15/h4-10,20-22H,11-17H2,1-3H3;4-10H,12H2,1-3H3/q2*+2. The van der Waals surface area contributed by atoms with Crippen LogP contribution in [0.25, 0.3) is 0 Å². The van der Waals surface area contributed by atoms with Crippen molar-refractivity contribution in [3.8, 4) is 6.19 Å². The fourth-order valence-electron chi connectivity index (χ4n) is 10.9. The van der Waals surface area contributed by atoms with Gasteiger partial charge in [0.15, 0.2) is 22.7 Å². The highest BCUT2D eigenvalue weighted by atomic mass is 15.5. The van der Waals surface area contributed by atoms with Crippen molar-refractivity contribution < 1.29 is 9.39 Å². The van der Waals surface area contributed by atoms with E-state index in [-0.39, 0.29) is 4.48 Å². The second kappa shape index (κ2) is 12.1. The highest BCUT2D eigenvalue weighted by molar-refractivity contribution is 5.72. The lowest BCUT2D eigenvalue weighted by Gasteiger charge is -2.62. The van der Waals surface area contributed by atoms with E-state index in [2.05, 4.69) is 87.2 Å². The summed E-state index contributed by atoms with van der Waals surface area (Å²) in [6.07, 6.45) is 11.1. The lowest BCUT2D eigenvalue weighted by atomic mass is 9.52. The van der Waals surface area contributed by atoms with E-state index in [1.807, 2.05) is 55.1 Å². The Morgan fingerprint density at radius 3 is 1.56 bits per heavy atom. The highest BCUT2D eigenvalue weighted by Gasteiger charge is 2.64. The molecule has 2 atom stereocenters. The Morgan fingerprint density at radius 2 is 1.08 bits per heavy atom. The Labute approximate surface area is 297 Å². The number of para-hydroxylation sites is 2. The van der Waals surface area contributed by atoms with Gasteiger partial charge in [-0.1, -0.05) is 48.5 Å². The minimum atomic E-state index is 0.194. The van der Waals surface area contributed by atoms with Crippen LogP contribution in [0.2, 0.25) is 0 Å². The third kappa shape index (κ3) is 5.41. The first-order valence-electron chi connectivity index (χ1n) is 18.4. The predicted molar refractivity (Wildman–Crippen MR) is 200 cm³/mol. The number of nitrogens with zero attached hydrogens (tertiary/aromatic N) is 7. The van der Waals surface area contributed by atoms with E-state index in [1.165, 1.54) is 66.7 Å². The Kier molecular flexibility index (Phi) is 7.89. The van der Waals surface area contributed by atoms with E-state index >= 15 is 0 Å². The maximum Gasteiger partial charge on any atom is 0.319 e. The van der Waals surface area contributed by atoms with Gasteiger partial charge < -0.3 is 0 Å². The number of nitriles is 1. The molecule has 4 bridgehead atoms. The van der Waals surface area contributed by atoms with Gasteiger partial charge in [0, 0.05) is 64.9 Å². The molecule has 4 fully saturated rings. The molecule has 2 aliphatic heterocycles. The zero-order valence-electron chi connectivity index (χ0n) is 30.6. The fraction of sp³-hybridized carbons (Fsp3) is 0.419. The van der Waals surface area contributed by atoms with E-state index in [0.29, 0.717) is 12.2 Å². The van der Waals surface area contributed by atoms with Crippen LogP contribution in [0.15, 0.2) is 95.2 Å². The smallest absolute Gasteiger partial charge is 0.229 e. The van der Waals surface area contributed by atoms with E-state index < -0.39 is 0 Å². The second-order valence-corrected chi connectivity index (χ2v) is 16.5. The number of azo groups is 4. The van der Waals surface area contributed by atoms with Gasteiger partial charge >= 0.3 is 19.5 Å². The van der Waals surface area contributed by atoms with Gasteiger partial charge in [0.25, 0.3) is 0 Å². The molecule has 0 aromatic heterocycles. The van der Waals surface area contributed by atoms with Crippen molar-refractivity contribution in [2.75, 3.05) is 27.4 Å². The summed E-state index contributed by atoms with van der Waals surface area (Å²) in [4.78, 5) is 0. The molecule has 4 aliphatic carbocycles. The summed E-state index contributed by atoms with van der Waals surface area (Å²) < 4.78 is 5.43. The molecule has 2 unspecified atom stereocenters. The molecule has 0 radical (unpaired) electrons. The normalized spacial score (nSPS) is 30.2. The van der Waals surface area contributed by atoms with Gasteiger partial charge in [-0.2, -0.15) is 0 Å². The van der Waals surface area contributed by atoms with Crippen molar-refractivity contribution in [3.05, 3.63) is 107 Å². The van der Waals surface area contributed by atoms with Crippen LogP contribution in [0.1, 0.15) is 60.8 Å². The molecule has 10 rings (SSSR count). The first-order chi connectivity index (χ1) is 24.0. The van der Waals surface area contributed by atoms with Crippen molar-refractivity contribution >= 4 is 34.1 Å². The second-order valence-electron chi connectivity index (χ2n) is 16.5. The number of hydrogen-bond donors (Lipinski definition) is 0. The number of hydrogen-bond acceptors (Lipinski definition) is 3. The molecule has 4 aromatic rings. The predicted octanol–water partition coefficient (Wildman–Crippen LogP) is 10.7. The zero-order chi connectivity index (χ0) is 34.8. The van der Waals surface area contributed by atoms with Crippen LogP contribution in [-0.4, -0.2) is 42.4 Å². The molecular weight excluding hydrogens is 615 g/mol. The van der Waals surface area contributed by atoms with Gasteiger partial charge in [-0.05, 0) is 97.4 Å². The molecule has 0 spiro atoms. The number of aryl methyl sites for hydroxylation is 4. The van der Waals surface area contributed by atoms with Crippen LogP contribution >= 0.6 is 0 Å². The van der Waals surface area contributed by atoms with Gasteiger partial charge in [0.2, 0.25) is 11.4 Å². The van der Waals surface area contributed by atoms with Crippen molar-refractivity contribution in [2.45, 2.75) is 71.8 Å². The fourth-order valence-corrected chi connectivity index (χ4v) is 10.9. The zero-order valence-corrected chi connectivity index (χ0v) is 30.6. The summed E-state index contributed by atoms with van der Waals surface area (Å²) in [6.45, 7) is 10.1. The molecule has 4 saturated carbocycles. The average Bonchev–Trinajstić information content (AvgIpc) is 3.07. The first-order valence-corrected chi connectivity index (χ1v) is 18.4. The molecule has 0 N–H and O–H groups in total. The summed E-state index contributed by atoms with van der Waals surface area (Å²) in [5.41, 5.74) is 12.2. The van der Waals surface area contributed by atoms with Gasteiger partial charge in [0.05, 0.1) is 14.1 Å². The number of quaternary nitrogens is 2. The van der Waals surface area contributed by atoms with Gasteiger partial charge in [0.1, 0.15) is 5.54 Å². The van der Waals surface area contributed by atoms with Crippen molar-refractivity contribution in [2.24, 2.45) is 28.0 Å².